The minimum atomic E-state index is -0.0121. The summed E-state index contributed by atoms with van der Waals surface area (Å²) in [5, 5.41) is 4.84. The Labute approximate surface area is 168 Å². The zero-order chi connectivity index (χ0) is 18.1. The molecule has 1 aliphatic rings. The third-order valence-corrected chi connectivity index (χ3v) is 4.76. The fourth-order valence-electron chi connectivity index (χ4n) is 3.21. The monoisotopic (exact) mass is 406 g/mol. The zero-order valence-corrected chi connectivity index (χ0v) is 16.4. The van der Waals surface area contributed by atoms with E-state index in [1.54, 1.807) is 6.20 Å². The van der Waals surface area contributed by atoms with Crippen molar-refractivity contribution in [1.29, 1.82) is 0 Å². The summed E-state index contributed by atoms with van der Waals surface area (Å²) < 4.78 is 7.29. The van der Waals surface area contributed by atoms with Crippen LogP contribution >= 0.6 is 24.0 Å². The summed E-state index contributed by atoms with van der Waals surface area (Å²) in [4.78, 5) is 19.3. The topological polar surface area (TPSA) is 59.4 Å². The second-order valence-electron chi connectivity index (χ2n) is 6.25. The number of halogens is 2. The van der Waals surface area contributed by atoms with Crippen LogP contribution in [0.5, 0.6) is 0 Å². The number of morpholine rings is 1. The van der Waals surface area contributed by atoms with Gasteiger partial charge in [0.25, 0.3) is 5.91 Å². The lowest BCUT2D eigenvalue weighted by Crippen LogP contribution is -2.40. The van der Waals surface area contributed by atoms with Crippen LogP contribution in [0.1, 0.15) is 10.4 Å². The van der Waals surface area contributed by atoms with Gasteiger partial charge in [0, 0.05) is 48.6 Å². The lowest BCUT2D eigenvalue weighted by atomic mass is 10.1. The molecule has 0 radical (unpaired) electrons. The number of carbonyl (C=O) groups is 1. The number of anilines is 2. The summed E-state index contributed by atoms with van der Waals surface area (Å²) in [5.41, 5.74) is 2.31. The largest absolute Gasteiger partial charge is 0.378 e. The lowest BCUT2D eigenvalue weighted by Gasteiger charge is -2.27. The maximum absolute atomic E-state index is 13.0. The maximum Gasteiger partial charge on any atom is 0.257 e. The second-order valence-corrected chi connectivity index (χ2v) is 6.69. The molecule has 0 bridgehead atoms. The summed E-state index contributed by atoms with van der Waals surface area (Å²) in [5.74, 6) is 0.684. The van der Waals surface area contributed by atoms with Crippen molar-refractivity contribution in [3.05, 3.63) is 53.3 Å². The Bertz CT molecular complexity index is 967. The number of rotatable bonds is 3. The number of hydrogen-bond acceptors (Lipinski definition) is 4. The van der Waals surface area contributed by atoms with Gasteiger partial charge in [0.1, 0.15) is 5.82 Å². The lowest BCUT2D eigenvalue weighted by molar-refractivity contribution is 0.0303. The van der Waals surface area contributed by atoms with Crippen LogP contribution in [0.25, 0.3) is 10.9 Å². The number of fused-ring (bicyclic) bond motifs is 1. The zero-order valence-electron chi connectivity index (χ0n) is 14.8. The highest BCUT2D eigenvalue weighted by atomic mass is 35.5. The standard InChI is InChI=1S/C19H19ClN4O2.ClH/c1-23-6-5-15-17(23)16(19(25)24-7-9-26-10-8-24)12-21-18(15)22-14-4-2-3-13(20)11-14;/h2-6,11-12H,7-10H2,1H3,(H,21,22);1H. The Kier molecular flexibility index (Phi) is 5.89. The Morgan fingerprint density at radius 2 is 2.04 bits per heavy atom. The van der Waals surface area contributed by atoms with Gasteiger partial charge < -0.3 is 19.5 Å². The molecule has 8 heteroatoms. The molecular formula is C19H20Cl2N4O2. The van der Waals surface area contributed by atoms with Crippen molar-refractivity contribution in [1.82, 2.24) is 14.5 Å². The van der Waals surface area contributed by atoms with Crippen LogP contribution in [0.3, 0.4) is 0 Å². The third-order valence-electron chi connectivity index (χ3n) is 4.52. The Morgan fingerprint density at radius 1 is 1.26 bits per heavy atom. The number of carbonyl (C=O) groups excluding carboxylic acids is 1. The second kappa shape index (κ2) is 8.17. The van der Waals surface area contributed by atoms with Crippen LogP contribution in [0.15, 0.2) is 42.7 Å². The van der Waals surface area contributed by atoms with Crippen molar-refractivity contribution in [2.24, 2.45) is 7.05 Å². The molecule has 0 spiro atoms. The van der Waals surface area contributed by atoms with Crippen LogP contribution in [0.2, 0.25) is 5.02 Å². The van der Waals surface area contributed by atoms with Crippen molar-refractivity contribution < 1.29 is 9.53 Å². The van der Waals surface area contributed by atoms with Gasteiger partial charge in [-0.3, -0.25) is 4.79 Å². The molecule has 3 heterocycles. The normalized spacial score (nSPS) is 14.1. The first-order valence-electron chi connectivity index (χ1n) is 8.47. The number of benzene rings is 1. The Hall–Kier alpha value is -2.28. The average molecular weight is 407 g/mol. The molecule has 0 unspecified atom stereocenters. The van der Waals surface area contributed by atoms with Gasteiger partial charge in [-0.2, -0.15) is 0 Å². The molecule has 0 aliphatic carbocycles. The van der Waals surface area contributed by atoms with E-state index in [1.165, 1.54) is 0 Å². The predicted octanol–water partition coefficient (Wildman–Crippen LogP) is 3.86. The molecule has 6 nitrogen and oxygen atoms in total. The SMILES string of the molecule is Cl.Cn1ccc2c(Nc3cccc(Cl)c3)ncc(C(=O)N3CCOCC3)c21. The summed E-state index contributed by atoms with van der Waals surface area (Å²) in [6.45, 7) is 2.36. The molecule has 0 saturated carbocycles. The van der Waals surface area contributed by atoms with Gasteiger partial charge in [-0.15, -0.1) is 12.4 Å². The fraction of sp³-hybridized carbons (Fsp3) is 0.263. The van der Waals surface area contributed by atoms with Gasteiger partial charge in [-0.1, -0.05) is 17.7 Å². The predicted molar refractivity (Wildman–Crippen MR) is 109 cm³/mol. The first-order chi connectivity index (χ1) is 12.6. The number of pyridine rings is 1. The van der Waals surface area contributed by atoms with Crippen molar-refractivity contribution in [3.8, 4) is 0 Å². The number of aromatic nitrogens is 2. The molecule has 1 aromatic carbocycles. The highest BCUT2D eigenvalue weighted by molar-refractivity contribution is 6.30. The van der Waals surface area contributed by atoms with E-state index >= 15 is 0 Å². The summed E-state index contributed by atoms with van der Waals surface area (Å²) in [7, 11) is 1.93. The van der Waals surface area contributed by atoms with E-state index in [-0.39, 0.29) is 18.3 Å². The highest BCUT2D eigenvalue weighted by Crippen LogP contribution is 2.29. The minimum Gasteiger partial charge on any atom is -0.378 e. The number of amides is 1. The molecule has 3 aromatic rings. The van der Waals surface area contributed by atoms with Crippen LogP contribution < -0.4 is 5.32 Å². The minimum absolute atomic E-state index is 0. The number of nitrogens with zero attached hydrogens (tertiary/aromatic N) is 3. The van der Waals surface area contributed by atoms with Crippen molar-refractivity contribution in [2.45, 2.75) is 0 Å². The van der Waals surface area contributed by atoms with Gasteiger partial charge in [-0.25, -0.2) is 4.98 Å². The van der Waals surface area contributed by atoms with Crippen molar-refractivity contribution in [2.75, 3.05) is 31.6 Å². The molecule has 4 rings (SSSR count). The average Bonchev–Trinajstić information content (AvgIpc) is 3.05. The number of nitrogens with one attached hydrogen (secondary N) is 1. The molecule has 1 amide bonds. The van der Waals surface area contributed by atoms with E-state index in [1.807, 2.05) is 53.0 Å². The highest BCUT2D eigenvalue weighted by Gasteiger charge is 2.23. The van der Waals surface area contributed by atoms with Gasteiger partial charge >= 0.3 is 0 Å². The number of hydrogen-bond donors (Lipinski definition) is 1. The van der Waals surface area contributed by atoms with E-state index in [9.17, 15) is 4.79 Å². The molecular weight excluding hydrogens is 387 g/mol. The molecule has 2 aromatic heterocycles. The van der Waals surface area contributed by atoms with E-state index in [4.69, 9.17) is 16.3 Å². The smallest absolute Gasteiger partial charge is 0.257 e. The van der Waals surface area contributed by atoms with Gasteiger partial charge in [0.15, 0.2) is 0 Å². The molecule has 0 atom stereocenters. The van der Waals surface area contributed by atoms with Gasteiger partial charge in [0.05, 0.1) is 24.3 Å². The molecule has 1 saturated heterocycles. The molecule has 1 aliphatic heterocycles. The maximum atomic E-state index is 13.0. The summed E-state index contributed by atoms with van der Waals surface area (Å²) >= 11 is 6.06. The summed E-state index contributed by atoms with van der Waals surface area (Å²) in [6, 6.07) is 9.43. The number of aryl methyl sites for hydroxylation is 1. The van der Waals surface area contributed by atoms with Crippen LogP contribution in [-0.4, -0.2) is 46.7 Å². The van der Waals surface area contributed by atoms with Crippen LogP contribution in [0.4, 0.5) is 11.5 Å². The first-order valence-corrected chi connectivity index (χ1v) is 8.85. The third kappa shape index (κ3) is 3.88. The van der Waals surface area contributed by atoms with E-state index < -0.39 is 0 Å². The van der Waals surface area contributed by atoms with E-state index in [2.05, 4.69) is 10.3 Å². The van der Waals surface area contributed by atoms with Crippen molar-refractivity contribution >= 4 is 52.3 Å². The van der Waals surface area contributed by atoms with Crippen molar-refractivity contribution in [3.63, 3.8) is 0 Å². The molecule has 27 heavy (non-hydrogen) atoms. The van der Waals surface area contributed by atoms with Crippen LogP contribution in [0, 0.1) is 0 Å². The Morgan fingerprint density at radius 3 is 2.78 bits per heavy atom. The van der Waals surface area contributed by atoms with E-state index in [0.29, 0.717) is 42.7 Å². The first kappa shape index (κ1) is 19.5. The molecule has 1 N–H and O–H groups in total. The van der Waals surface area contributed by atoms with Gasteiger partial charge in [0.2, 0.25) is 0 Å². The summed E-state index contributed by atoms with van der Waals surface area (Å²) in [6.07, 6.45) is 3.58. The molecule has 1 fully saturated rings. The molecule has 142 valence electrons. The Balaban J connectivity index is 0.00000210. The van der Waals surface area contributed by atoms with Crippen LogP contribution in [-0.2, 0) is 11.8 Å². The van der Waals surface area contributed by atoms with E-state index in [0.717, 1.165) is 16.6 Å². The quantitative estimate of drug-likeness (QED) is 0.716. The fourth-order valence-corrected chi connectivity index (χ4v) is 3.40. The number of ether oxygens (including phenoxy) is 1. The van der Waals surface area contributed by atoms with Gasteiger partial charge in [-0.05, 0) is 24.3 Å².